The second-order valence-electron chi connectivity index (χ2n) is 7.56. The fourth-order valence-corrected chi connectivity index (χ4v) is 3.16. The number of nitrogens with one attached hydrogen (secondary N) is 1. The molecule has 0 aromatic rings. The molecule has 1 rings (SSSR count). The molecule has 0 amide bonds. The molecule has 21 heavy (non-hydrogen) atoms. The Morgan fingerprint density at radius 2 is 1.76 bits per heavy atom. The molecule has 1 aliphatic carbocycles. The van der Waals surface area contributed by atoms with Gasteiger partial charge in [0.25, 0.3) is 0 Å². The zero-order valence-electron chi connectivity index (χ0n) is 15.0. The van der Waals surface area contributed by atoms with Crippen molar-refractivity contribution in [3.05, 3.63) is 0 Å². The van der Waals surface area contributed by atoms with Gasteiger partial charge in [0.2, 0.25) is 0 Å². The maximum absolute atomic E-state index is 6.31. The minimum Gasteiger partial charge on any atom is -0.379 e. The van der Waals surface area contributed by atoms with Crippen LogP contribution in [0.2, 0.25) is 0 Å². The summed E-state index contributed by atoms with van der Waals surface area (Å²) in [5.41, 5.74) is 0.172. The summed E-state index contributed by atoms with van der Waals surface area (Å²) in [6.45, 7) is 14.2. The summed E-state index contributed by atoms with van der Waals surface area (Å²) in [6, 6.07) is 0. The summed E-state index contributed by atoms with van der Waals surface area (Å²) >= 11 is 0. The van der Waals surface area contributed by atoms with Crippen LogP contribution in [0.3, 0.4) is 0 Å². The third kappa shape index (κ3) is 7.62. The van der Waals surface area contributed by atoms with Gasteiger partial charge >= 0.3 is 0 Å². The molecule has 3 nitrogen and oxygen atoms in total. The van der Waals surface area contributed by atoms with Crippen LogP contribution in [0.25, 0.3) is 0 Å². The Kier molecular flexibility index (Phi) is 8.22. The minimum atomic E-state index is 0.0224. The van der Waals surface area contributed by atoms with Gasteiger partial charge in [-0.15, -0.1) is 0 Å². The summed E-state index contributed by atoms with van der Waals surface area (Å²) in [7, 11) is 0. The average molecular weight is 299 g/mol. The number of rotatable bonds is 9. The monoisotopic (exact) mass is 299 g/mol. The lowest BCUT2D eigenvalue weighted by Crippen LogP contribution is -2.51. The summed E-state index contributed by atoms with van der Waals surface area (Å²) < 4.78 is 11.7. The minimum absolute atomic E-state index is 0.0224. The van der Waals surface area contributed by atoms with Gasteiger partial charge in [-0.1, -0.05) is 19.8 Å². The largest absolute Gasteiger partial charge is 0.379 e. The van der Waals surface area contributed by atoms with Crippen molar-refractivity contribution in [1.29, 1.82) is 0 Å². The van der Waals surface area contributed by atoms with E-state index in [0.29, 0.717) is 6.61 Å². The molecule has 1 aliphatic rings. The van der Waals surface area contributed by atoms with Gasteiger partial charge in [0.05, 0.1) is 18.8 Å². The van der Waals surface area contributed by atoms with Gasteiger partial charge in [0.1, 0.15) is 0 Å². The Morgan fingerprint density at radius 1 is 1.10 bits per heavy atom. The molecule has 0 spiro atoms. The lowest BCUT2D eigenvalue weighted by atomic mass is 9.76. The van der Waals surface area contributed by atoms with Crippen LogP contribution >= 0.6 is 0 Å². The highest BCUT2D eigenvalue weighted by Crippen LogP contribution is 2.36. The van der Waals surface area contributed by atoms with Crippen molar-refractivity contribution in [2.75, 3.05) is 26.4 Å². The van der Waals surface area contributed by atoms with Crippen molar-refractivity contribution in [3.63, 3.8) is 0 Å². The first-order valence-electron chi connectivity index (χ1n) is 8.87. The van der Waals surface area contributed by atoms with E-state index in [1.807, 2.05) is 6.92 Å². The van der Waals surface area contributed by atoms with E-state index < -0.39 is 0 Å². The molecule has 0 bridgehead atoms. The Morgan fingerprint density at radius 3 is 2.29 bits per heavy atom. The van der Waals surface area contributed by atoms with Gasteiger partial charge in [0.15, 0.2) is 0 Å². The maximum Gasteiger partial charge on any atom is 0.0807 e. The van der Waals surface area contributed by atoms with Crippen LogP contribution in [0.1, 0.15) is 73.1 Å². The molecule has 0 aromatic carbocycles. The molecule has 1 saturated carbocycles. The summed E-state index contributed by atoms with van der Waals surface area (Å²) in [4.78, 5) is 0. The first kappa shape index (κ1) is 18.9. The Bertz CT molecular complexity index is 259. The molecule has 1 fully saturated rings. The van der Waals surface area contributed by atoms with Crippen molar-refractivity contribution >= 4 is 0 Å². The summed E-state index contributed by atoms with van der Waals surface area (Å²) in [5, 5.41) is 3.65. The topological polar surface area (TPSA) is 30.5 Å². The van der Waals surface area contributed by atoms with Gasteiger partial charge < -0.3 is 14.8 Å². The first-order chi connectivity index (χ1) is 9.91. The smallest absolute Gasteiger partial charge is 0.0807 e. The van der Waals surface area contributed by atoms with Gasteiger partial charge in [-0.05, 0) is 59.3 Å². The SMILES string of the molecule is CCCC1CCC(CNC(C)(C)C)(OCCOCC)CC1. The fraction of sp³-hybridized carbons (Fsp3) is 1.00. The van der Waals surface area contributed by atoms with E-state index in [2.05, 4.69) is 33.0 Å². The van der Waals surface area contributed by atoms with Crippen LogP contribution < -0.4 is 5.32 Å². The average Bonchev–Trinajstić information content (AvgIpc) is 2.44. The normalized spacial score (nSPS) is 27.0. The van der Waals surface area contributed by atoms with Crippen LogP contribution in [0, 0.1) is 5.92 Å². The van der Waals surface area contributed by atoms with Crippen molar-refractivity contribution in [2.45, 2.75) is 84.3 Å². The fourth-order valence-electron chi connectivity index (χ4n) is 3.16. The van der Waals surface area contributed by atoms with E-state index in [9.17, 15) is 0 Å². The second kappa shape index (κ2) is 9.12. The highest BCUT2D eigenvalue weighted by atomic mass is 16.5. The Balaban J connectivity index is 2.50. The lowest BCUT2D eigenvalue weighted by Gasteiger charge is -2.42. The summed E-state index contributed by atoms with van der Waals surface area (Å²) in [6.07, 6.45) is 7.69. The maximum atomic E-state index is 6.31. The molecule has 0 unspecified atom stereocenters. The van der Waals surface area contributed by atoms with Crippen molar-refractivity contribution in [3.8, 4) is 0 Å². The predicted octanol–water partition coefficient (Wildman–Crippen LogP) is 4.16. The molecule has 3 heteroatoms. The number of hydrogen-bond acceptors (Lipinski definition) is 3. The van der Waals surface area contributed by atoms with E-state index in [-0.39, 0.29) is 11.1 Å². The second-order valence-corrected chi connectivity index (χ2v) is 7.56. The van der Waals surface area contributed by atoms with Crippen molar-refractivity contribution in [1.82, 2.24) is 5.32 Å². The van der Waals surface area contributed by atoms with Crippen molar-refractivity contribution in [2.24, 2.45) is 5.92 Å². The molecule has 0 aromatic heterocycles. The molecular formula is C18H37NO2. The predicted molar refractivity (Wildman–Crippen MR) is 89.8 cm³/mol. The molecule has 0 atom stereocenters. The molecular weight excluding hydrogens is 262 g/mol. The van der Waals surface area contributed by atoms with Gasteiger partial charge in [-0.3, -0.25) is 0 Å². The molecule has 0 aliphatic heterocycles. The van der Waals surface area contributed by atoms with Gasteiger partial charge in [-0.2, -0.15) is 0 Å². The standard InChI is InChI=1S/C18H37NO2/c1-6-8-16-9-11-18(12-10-16,15-19-17(3,4)5)21-14-13-20-7-2/h16,19H,6-15H2,1-5H3. The first-order valence-corrected chi connectivity index (χ1v) is 8.87. The van der Waals surface area contributed by atoms with Crippen LogP contribution in [0.15, 0.2) is 0 Å². The quantitative estimate of drug-likeness (QED) is 0.649. The Hall–Kier alpha value is -0.120. The van der Waals surface area contributed by atoms with E-state index >= 15 is 0 Å². The van der Waals surface area contributed by atoms with Gasteiger partial charge in [0, 0.05) is 18.7 Å². The van der Waals surface area contributed by atoms with Crippen molar-refractivity contribution < 1.29 is 9.47 Å². The van der Waals surface area contributed by atoms with Crippen LogP contribution in [0.4, 0.5) is 0 Å². The van der Waals surface area contributed by atoms with E-state index in [4.69, 9.17) is 9.47 Å². The molecule has 0 heterocycles. The molecule has 0 saturated heterocycles. The van der Waals surface area contributed by atoms with Crippen LogP contribution in [-0.2, 0) is 9.47 Å². The third-order valence-electron chi connectivity index (χ3n) is 4.49. The Labute approximate surface area is 132 Å². The zero-order chi connectivity index (χ0) is 15.8. The molecule has 1 N–H and O–H groups in total. The molecule has 126 valence electrons. The van der Waals surface area contributed by atoms with Crippen LogP contribution in [0.5, 0.6) is 0 Å². The summed E-state index contributed by atoms with van der Waals surface area (Å²) in [5.74, 6) is 0.910. The van der Waals surface area contributed by atoms with E-state index in [1.165, 1.54) is 38.5 Å². The third-order valence-corrected chi connectivity index (χ3v) is 4.49. The van der Waals surface area contributed by atoms with Crippen LogP contribution in [-0.4, -0.2) is 37.5 Å². The van der Waals surface area contributed by atoms with E-state index in [1.54, 1.807) is 0 Å². The molecule has 0 radical (unpaired) electrons. The number of ether oxygens (including phenoxy) is 2. The van der Waals surface area contributed by atoms with E-state index in [0.717, 1.165) is 25.7 Å². The van der Waals surface area contributed by atoms with Gasteiger partial charge in [-0.25, -0.2) is 0 Å². The lowest BCUT2D eigenvalue weighted by molar-refractivity contribution is -0.0945. The zero-order valence-corrected chi connectivity index (χ0v) is 15.0. The highest BCUT2D eigenvalue weighted by molar-refractivity contribution is 4.91. The highest BCUT2D eigenvalue weighted by Gasteiger charge is 2.36. The number of hydrogen-bond donors (Lipinski definition) is 1.